The zero-order chi connectivity index (χ0) is 20.5. The Balaban J connectivity index is 2.13. The molecule has 0 aliphatic carbocycles. The second-order valence-electron chi connectivity index (χ2n) is 7.33. The van der Waals surface area contributed by atoms with Gasteiger partial charge in [-0.2, -0.15) is 0 Å². The molecular formula is C22H30N2O4. The van der Waals surface area contributed by atoms with Gasteiger partial charge >= 0.3 is 5.97 Å². The highest BCUT2D eigenvalue weighted by Gasteiger charge is 2.20. The van der Waals surface area contributed by atoms with Gasteiger partial charge in [0.05, 0.1) is 13.7 Å². The van der Waals surface area contributed by atoms with Gasteiger partial charge in [-0.15, -0.1) is 0 Å². The first kappa shape index (κ1) is 21.7. The van der Waals surface area contributed by atoms with E-state index >= 15 is 0 Å². The van der Waals surface area contributed by atoms with E-state index in [9.17, 15) is 9.59 Å². The molecule has 1 heterocycles. The number of hydrogen-bond acceptors (Lipinski definition) is 5. The van der Waals surface area contributed by atoms with Gasteiger partial charge in [-0.1, -0.05) is 39.3 Å². The molecule has 0 spiro atoms. The minimum Gasteiger partial charge on any atom is -0.464 e. The number of amides is 1. The van der Waals surface area contributed by atoms with Crippen LogP contribution in [0, 0.1) is 5.92 Å². The second kappa shape index (κ2) is 10.6. The van der Waals surface area contributed by atoms with E-state index in [-0.39, 0.29) is 18.1 Å². The summed E-state index contributed by atoms with van der Waals surface area (Å²) < 4.78 is 10.0. The van der Waals surface area contributed by atoms with Crippen LogP contribution in [0.5, 0.6) is 0 Å². The number of esters is 1. The Morgan fingerprint density at radius 2 is 1.93 bits per heavy atom. The van der Waals surface area contributed by atoms with Crippen molar-refractivity contribution in [3.8, 4) is 0 Å². The molecule has 6 nitrogen and oxygen atoms in total. The van der Waals surface area contributed by atoms with Crippen molar-refractivity contribution in [2.75, 3.05) is 13.7 Å². The van der Waals surface area contributed by atoms with Gasteiger partial charge in [0.25, 0.3) is 5.91 Å². The average molecular weight is 386 g/mol. The molecule has 0 aliphatic heterocycles. The summed E-state index contributed by atoms with van der Waals surface area (Å²) >= 11 is 0. The Kier molecular flexibility index (Phi) is 8.23. The molecule has 0 atom stereocenters. The predicted octanol–water partition coefficient (Wildman–Crippen LogP) is 4.49. The molecule has 6 heteroatoms. The summed E-state index contributed by atoms with van der Waals surface area (Å²) in [5, 5.41) is 0. The van der Waals surface area contributed by atoms with E-state index in [1.54, 1.807) is 4.90 Å². The van der Waals surface area contributed by atoms with E-state index in [0.29, 0.717) is 23.9 Å². The lowest BCUT2D eigenvalue weighted by Crippen LogP contribution is -2.32. The number of oxazole rings is 1. The highest BCUT2D eigenvalue weighted by Crippen LogP contribution is 2.15. The Hall–Kier alpha value is -2.63. The number of carbonyl (C=O) groups is 2. The van der Waals surface area contributed by atoms with Gasteiger partial charge in [0.2, 0.25) is 5.89 Å². The normalized spacial score (nSPS) is 10.9. The van der Waals surface area contributed by atoms with E-state index in [4.69, 9.17) is 4.42 Å². The molecule has 1 aromatic carbocycles. The summed E-state index contributed by atoms with van der Waals surface area (Å²) in [5.74, 6) is 0.150. The lowest BCUT2D eigenvalue weighted by atomic mass is 10.1. The predicted molar refractivity (Wildman–Crippen MR) is 107 cm³/mol. The molecule has 2 aromatic rings. The van der Waals surface area contributed by atoms with Gasteiger partial charge in [0.15, 0.2) is 5.69 Å². The largest absolute Gasteiger partial charge is 0.464 e. The van der Waals surface area contributed by atoms with Gasteiger partial charge in [-0.05, 0) is 42.9 Å². The maximum atomic E-state index is 13.0. The van der Waals surface area contributed by atoms with E-state index < -0.39 is 5.97 Å². The van der Waals surface area contributed by atoms with Crippen LogP contribution in [0.25, 0.3) is 0 Å². The standard InChI is InChI=1S/C22H30N2O4/c1-5-6-7-17-8-10-18(11-9-17)21(25)24(13-12-16(2)3)14-20-23-19(15-28-20)22(26)27-4/h8-11,15-16H,5-7,12-14H2,1-4H3. The van der Waals surface area contributed by atoms with Crippen molar-refractivity contribution in [2.24, 2.45) is 5.92 Å². The van der Waals surface area contributed by atoms with E-state index in [1.165, 1.54) is 18.9 Å². The van der Waals surface area contributed by atoms with Crippen molar-refractivity contribution in [1.82, 2.24) is 9.88 Å². The highest BCUT2D eigenvalue weighted by atomic mass is 16.5. The lowest BCUT2D eigenvalue weighted by Gasteiger charge is -2.22. The lowest BCUT2D eigenvalue weighted by molar-refractivity contribution is 0.0594. The molecule has 0 saturated heterocycles. The molecular weight excluding hydrogens is 356 g/mol. The van der Waals surface area contributed by atoms with Crippen molar-refractivity contribution < 1.29 is 18.7 Å². The van der Waals surface area contributed by atoms with Crippen LogP contribution in [0.15, 0.2) is 34.9 Å². The summed E-state index contributed by atoms with van der Waals surface area (Å²) in [7, 11) is 1.29. The molecule has 1 amide bonds. The number of unbranched alkanes of at least 4 members (excludes halogenated alkanes) is 1. The van der Waals surface area contributed by atoms with Crippen LogP contribution in [-0.4, -0.2) is 35.4 Å². The van der Waals surface area contributed by atoms with Crippen LogP contribution in [0.3, 0.4) is 0 Å². The van der Waals surface area contributed by atoms with Crippen LogP contribution in [0.4, 0.5) is 0 Å². The Morgan fingerprint density at radius 1 is 1.21 bits per heavy atom. The number of aromatic nitrogens is 1. The van der Waals surface area contributed by atoms with Crippen LogP contribution in [0.2, 0.25) is 0 Å². The van der Waals surface area contributed by atoms with E-state index in [2.05, 4.69) is 30.5 Å². The Morgan fingerprint density at radius 3 is 2.54 bits per heavy atom. The van der Waals surface area contributed by atoms with Crippen LogP contribution in [-0.2, 0) is 17.7 Å². The third kappa shape index (κ3) is 6.22. The fourth-order valence-corrected chi connectivity index (χ4v) is 2.79. The molecule has 0 N–H and O–H groups in total. The maximum absolute atomic E-state index is 13.0. The third-order valence-corrected chi connectivity index (χ3v) is 4.56. The maximum Gasteiger partial charge on any atom is 0.360 e. The van der Waals surface area contributed by atoms with Crippen molar-refractivity contribution in [3.63, 3.8) is 0 Å². The van der Waals surface area contributed by atoms with E-state index in [1.807, 2.05) is 24.3 Å². The van der Waals surface area contributed by atoms with Crippen molar-refractivity contribution in [2.45, 2.75) is 53.0 Å². The Labute approximate surface area is 166 Å². The summed E-state index contributed by atoms with van der Waals surface area (Å²) in [5.41, 5.74) is 1.99. The topological polar surface area (TPSA) is 72.6 Å². The van der Waals surface area contributed by atoms with Crippen molar-refractivity contribution in [3.05, 3.63) is 53.2 Å². The number of rotatable bonds is 10. The quantitative estimate of drug-likeness (QED) is 0.563. The highest BCUT2D eigenvalue weighted by molar-refractivity contribution is 5.94. The SMILES string of the molecule is CCCCc1ccc(C(=O)N(CCC(C)C)Cc2nc(C(=O)OC)co2)cc1. The number of hydrogen-bond donors (Lipinski definition) is 0. The number of nitrogens with zero attached hydrogens (tertiary/aromatic N) is 2. The Bertz CT molecular complexity index is 765. The second-order valence-corrected chi connectivity index (χ2v) is 7.33. The molecule has 28 heavy (non-hydrogen) atoms. The van der Waals surface area contributed by atoms with Gasteiger partial charge in [0, 0.05) is 12.1 Å². The molecule has 152 valence electrons. The molecule has 0 fully saturated rings. The first-order valence-corrected chi connectivity index (χ1v) is 9.85. The number of ether oxygens (including phenoxy) is 1. The van der Waals surface area contributed by atoms with Crippen LogP contribution in [0.1, 0.15) is 72.3 Å². The summed E-state index contributed by atoms with van der Waals surface area (Å²) in [4.78, 5) is 30.5. The monoisotopic (exact) mass is 386 g/mol. The minimum atomic E-state index is -0.558. The molecule has 0 bridgehead atoms. The summed E-state index contributed by atoms with van der Waals surface area (Å²) in [6.07, 6.45) is 5.43. The number of aryl methyl sites for hydroxylation is 1. The summed E-state index contributed by atoms with van der Waals surface area (Å²) in [6.45, 7) is 7.19. The first-order chi connectivity index (χ1) is 13.4. The average Bonchev–Trinajstić information content (AvgIpc) is 3.17. The number of methoxy groups -OCH3 is 1. The molecule has 0 aliphatic rings. The molecule has 0 unspecified atom stereocenters. The van der Waals surface area contributed by atoms with Crippen molar-refractivity contribution >= 4 is 11.9 Å². The van der Waals surface area contributed by atoms with Crippen LogP contribution < -0.4 is 0 Å². The number of benzene rings is 1. The third-order valence-electron chi connectivity index (χ3n) is 4.56. The van der Waals surface area contributed by atoms with Gasteiger partial charge in [-0.25, -0.2) is 9.78 Å². The molecule has 2 rings (SSSR count). The fraction of sp³-hybridized carbons (Fsp3) is 0.500. The van der Waals surface area contributed by atoms with Gasteiger partial charge in [-0.3, -0.25) is 4.79 Å². The molecule has 1 aromatic heterocycles. The smallest absolute Gasteiger partial charge is 0.360 e. The minimum absolute atomic E-state index is 0.0690. The first-order valence-electron chi connectivity index (χ1n) is 9.85. The zero-order valence-corrected chi connectivity index (χ0v) is 17.2. The molecule has 0 radical (unpaired) electrons. The van der Waals surface area contributed by atoms with Gasteiger partial charge in [0.1, 0.15) is 6.26 Å². The zero-order valence-electron chi connectivity index (χ0n) is 17.2. The number of carbonyl (C=O) groups excluding carboxylic acids is 2. The summed E-state index contributed by atoms with van der Waals surface area (Å²) in [6, 6.07) is 7.80. The van der Waals surface area contributed by atoms with Gasteiger partial charge < -0.3 is 14.1 Å². The molecule has 0 saturated carbocycles. The van der Waals surface area contributed by atoms with Crippen molar-refractivity contribution in [1.29, 1.82) is 0 Å². The fourth-order valence-electron chi connectivity index (χ4n) is 2.79. The van der Waals surface area contributed by atoms with Crippen LogP contribution >= 0.6 is 0 Å². The van der Waals surface area contributed by atoms with E-state index in [0.717, 1.165) is 25.7 Å².